The van der Waals surface area contributed by atoms with E-state index in [2.05, 4.69) is 10.2 Å². The topological polar surface area (TPSA) is 88.2 Å². The summed E-state index contributed by atoms with van der Waals surface area (Å²) in [5.41, 5.74) is 0.904. The largest absolute Gasteiger partial charge is 0.497 e. The van der Waals surface area contributed by atoms with Crippen molar-refractivity contribution in [3.63, 3.8) is 0 Å². The van der Waals surface area contributed by atoms with E-state index in [4.69, 9.17) is 9.47 Å². The highest BCUT2D eigenvalue weighted by Crippen LogP contribution is 2.22. The molecule has 2 rings (SSSR count). The molecule has 31 heavy (non-hydrogen) atoms. The number of carbonyl (C=O) groups is 3. The molecule has 0 spiro atoms. The summed E-state index contributed by atoms with van der Waals surface area (Å²) in [4.78, 5) is 39.5. The van der Waals surface area contributed by atoms with E-state index in [1.54, 1.807) is 27.2 Å². The molecule has 1 aliphatic rings. The molecule has 0 unspecified atom stereocenters. The number of carbonyl (C=O) groups excluding carboxylic acids is 3. The van der Waals surface area contributed by atoms with Crippen molar-refractivity contribution in [2.24, 2.45) is 0 Å². The van der Waals surface area contributed by atoms with Crippen molar-refractivity contribution in [1.29, 1.82) is 0 Å². The van der Waals surface area contributed by atoms with E-state index >= 15 is 0 Å². The third-order valence-electron chi connectivity index (χ3n) is 5.08. The van der Waals surface area contributed by atoms with Crippen LogP contribution in [0.2, 0.25) is 0 Å². The predicted molar refractivity (Wildman–Crippen MR) is 121 cm³/mol. The van der Waals surface area contributed by atoms with E-state index in [0.717, 1.165) is 24.2 Å². The van der Waals surface area contributed by atoms with Crippen LogP contribution in [0, 0.1) is 0 Å². The first-order chi connectivity index (χ1) is 14.9. The number of amides is 2. The van der Waals surface area contributed by atoms with Crippen molar-refractivity contribution in [3.8, 4) is 11.5 Å². The summed E-state index contributed by atoms with van der Waals surface area (Å²) in [6.45, 7) is 4.92. The number of rotatable bonds is 11. The fourth-order valence-electron chi connectivity index (χ4n) is 3.34. The summed E-state index contributed by atoms with van der Waals surface area (Å²) in [5, 5.41) is 3.05. The second-order valence-corrected chi connectivity index (χ2v) is 8.72. The third-order valence-corrected chi connectivity index (χ3v) is 5.98. The van der Waals surface area contributed by atoms with Gasteiger partial charge in [0.1, 0.15) is 11.5 Å². The van der Waals surface area contributed by atoms with Crippen LogP contribution in [-0.4, -0.2) is 79.4 Å². The van der Waals surface area contributed by atoms with Crippen molar-refractivity contribution in [1.82, 2.24) is 15.1 Å². The molecule has 1 heterocycles. The van der Waals surface area contributed by atoms with E-state index in [-0.39, 0.29) is 16.9 Å². The predicted octanol–water partition coefficient (Wildman–Crippen LogP) is 1.91. The number of ether oxygens (including phenoxy) is 2. The van der Waals surface area contributed by atoms with Crippen molar-refractivity contribution in [2.75, 3.05) is 52.7 Å². The third kappa shape index (κ3) is 9.18. The van der Waals surface area contributed by atoms with Gasteiger partial charge in [-0.3, -0.25) is 19.3 Å². The number of piperazine rings is 1. The maximum Gasteiger partial charge on any atom is 0.234 e. The zero-order chi connectivity index (χ0) is 22.6. The molecule has 0 aromatic heterocycles. The zero-order valence-corrected chi connectivity index (χ0v) is 19.5. The van der Waals surface area contributed by atoms with Crippen LogP contribution in [0.5, 0.6) is 11.5 Å². The Labute approximate surface area is 188 Å². The van der Waals surface area contributed by atoms with Gasteiger partial charge >= 0.3 is 0 Å². The van der Waals surface area contributed by atoms with E-state index in [0.29, 0.717) is 57.2 Å². The molecule has 0 aliphatic carbocycles. The van der Waals surface area contributed by atoms with Crippen LogP contribution in [0.4, 0.5) is 0 Å². The van der Waals surface area contributed by atoms with Gasteiger partial charge in [0.2, 0.25) is 11.8 Å². The molecule has 172 valence electrons. The summed E-state index contributed by atoms with van der Waals surface area (Å²) in [7, 11) is 3.18. The second kappa shape index (κ2) is 13.2. The first kappa shape index (κ1) is 25.0. The van der Waals surface area contributed by atoms with E-state index in [1.807, 2.05) is 17.0 Å². The lowest BCUT2D eigenvalue weighted by Gasteiger charge is -2.34. The summed E-state index contributed by atoms with van der Waals surface area (Å²) >= 11 is 1.31. The normalized spacial score (nSPS) is 14.2. The van der Waals surface area contributed by atoms with Crippen molar-refractivity contribution in [2.45, 2.75) is 32.7 Å². The van der Waals surface area contributed by atoms with Gasteiger partial charge < -0.3 is 19.7 Å². The smallest absolute Gasteiger partial charge is 0.234 e. The highest BCUT2D eigenvalue weighted by Gasteiger charge is 2.22. The van der Waals surface area contributed by atoms with Crippen LogP contribution < -0.4 is 14.8 Å². The quantitative estimate of drug-likeness (QED) is 0.514. The Hall–Kier alpha value is -2.26. The minimum atomic E-state index is -0.0514. The van der Waals surface area contributed by atoms with E-state index in [1.165, 1.54) is 11.8 Å². The lowest BCUT2D eigenvalue weighted by molar-refractivity contribution is -0.133. The highest BCUT2D eigenvalue weighted by molar-refractivity contribution is 8.13. The molecule has 8 nitrogen and oxygen atoms in total. The molecule has 1 aromatic carbocycles. The molecule has 1 saturated heterocycles. The lowest BCUT2D eigenvalue weighted by Crippen LogP contribution is -2.51. The molecule has 9 heteroatoms. The highest BCUT2D eigenvalue weighted by atomic mass is 32.2. The first-order valence-corrected chi connectivity index (χ1v) is 11.5. The first-order valence-electron chi connectivity index (χ1n) is 10.5. The van der Waals surface area contributed by atoms with Crippen molar-refractivity contribution < 1.29 is 23.9 Å². The SMILES string of the molecule is COc1cc(CNC(=O)CN2CCN(C(=O)CCCCSC(C)=O)CC2)cc(OC)c1. The molecule has 1 aromatic rings. The van der Waals surface area contributed by atoms with Gasteiger partial charge in [0.25, 0.3) is 0 Å². The Morgan fingerprint density at radius 1 is 1.00 bits per heavy atom. The zero-order valence-electron chi connectivity index (χ0n) is 18.6. The molecule has 2 amide bonds. The van der Waals surface area contributed by atoms with Crippen LogP contribution in [-0.2, 0) is 20.9 Å². The number of nitrogens with one attached hydrogen (secondary N) is 1. The minimum absolute atomic E-state index is 0.0514. The molecule has 1 N–H and O–H groups in total. The molecule has 1 fully saturated rings. The summed E-state index contributed by atoms with van der Waals surface area (Å²) < 4.78 is 10.5. The Morgan fingerprint density at radius 3 is 2.23 bits per heavy atom. The van der Waals surface area contributed by atoms with Crippen molar-refractivity contribution >= 4 is 28.7 Å². The molecular formula is C22H33N3O5S. The maximum atomic E-state index is 12.3. The Morgan fingerprint density at radius 2 is 1.65 bits per heavy atom. The van der Waals surface area contributed by atoms with Crippen LogP contribution in [0.15, 0.2) is 18.2 Å². The van der Waals surface area contributed by atoms with Crippen LogP contribution in [0.25, 0.3) is 0 Å². The number of nitrogens with zero attached hydrogens (tertiary/aromatic N) is 2. The molecule has 0 saturated carbocycles. The Balaban J connectivity index is 1.66. The van der Waals surface area contributed by atoms with Gasteiger partial charge in [-0.25, -0.2) is 0 Å². The minimum Gasteiger partial charge on any atom is -0.497 e. The Kier molecular flexibility index (Phi) is 10.7. The van der Waals surface area contributed by atoms with Crippen LogP contribution in [0.3, 0.4) is 0 Å². The van der Waals surface area contributed by atoms with E-state index < -0.39 is 0 Å². The number of hydrogen-bond acceptors (Lipinski definition) is 7. The molecular weight excluding hydrogens is 418 g/mol. The molecule has 0 radical (unpaired) electrons. The van der Waals surface area contributed by atoms with Gasteiger partial charge in [0.05, 0.1) is 20.8 Å². The summed E-state index contributed by atoms with van der Waals surface area (Å²) in [6.07, 6.45) is 2.19. The van der Waals surface area contributed by atoms with Crippen molar-refractivity contribution in [3.05, 3.63) is 23.8 Å². The summed E-state index contributed by atoms with van der Waals surface area (Å²) in [6, 6.07) is 5.52. The van der Waals surface area contributed by atoms with Gasteiger partial charge in [-0.05, 0) is 30.5 Å². The second-order valence-electron chi connectivity index (χ2n) is 7.45. The molecule has 1 aliphatic heterocycles. The van der Waals surface area contributed by atoms with Gasteiger partial charge in [-0.1, -0.05) is 11.8 Å². The maximum absolute atomic E-state index is 12.3. The fraction of sp³-hybridized carbons (Fsp3) is 0.591. The van der Waals surface area contributed by atoms with E-state index in [9.17, 15) is 14.4 Å². The standard InChI is InChI=1S/C22H33N3O5S/c1-17(26)31-11-5-4-6-22(28)25-9-7-24(8-10-25)16-21(27)23-15-18-12-19(29-2)14-20(13-18)30-3/h12-14H,4-11,15-16H2,1-3H3,(H,23,27). The molecule has 0 atom stereocenters. The number of methoxy groups -OCH3 is 2. The van der Waals surface area contributed by atoms with Gasteiger partial charge in [-0.2, -0.15) is 0 Å². The van der Waals surface area contributed by atoms with Crippen LogP contribution in [0.1, 0.15) is 31.7 Å². The number of thioether (sulfide) groups is 1. The number of benzene rings is 1. The van der Waals surface area contributed by atoms with Crippen LogP contribution >= 0.6 is 11.8 Å². The number of unbranched alkanes of at least 4 members (excludes halogenated alkanes) is 1. The monoisotopic (exact) mass is 451 g/mol. The summed E-state index contributed by atoms with van der Waals surface area (Å²) in [5.74, 6) is 2.24. The average Bonchev–Trinajstić information content (AvgIpc) is 2.77. The van der Waals surface area contributed by atoms with Gasteiger partial charge in [-0.15, -0.1) is 0 Å². The molecule has 0 bridgehead atoms. The average molecular weight is 452 g/mol. The fourth-order valence-corrected chi connectivity index (χ4v) is 3.97. The number of hydrogen-bond donors (Lipinski definition) is 1. The van der Waals surface area contributed by atoms with Gasteiger partial charge in [0, 0.05) is 57.9 Å². The Bertz CT molecular complexity index is 728. The lowest BCUT2D eigenvalue weighted by atomic mass is 10.2. The van der Waals surface area contributed by atoms with Gasteiger partial charge in [0.15, 0.2) is 5.12 Å².